The fraction of sp³-hybridized carbons (Fsp3) is 0.241. The summed E-state index contributed by atoms with van der Waals surface area (Å²) >= 11 is 0. The Kier molecular flexibility index (Phi) is 6.09. The van der Waals surface area contributed by atoms with Crippen LogP contribution in [0.3, 0.4) is 0 Å². The van der Waals surface area contributed by atoms with Gasteiger partial charge < -0.3 is 9.30 Å². The number of ether oxygens (including phenoxy) is 1. The molecule has 2 aromatic carbocycles. The quantitative estimate of drug-likeness (QED) is 0.294. The third kappa shape index (κ3) is 4.37. The van der Waals surface area contributed by atoms with Gasteiger partial charge in [-0.2, -0.15) is 18.3 Å². The largest absolute Gasteiger partial charge is 0.497 e. The summed E-state index contributed by atoms with van der Waals surface area (Å²) in [6.45, 7) is 2.43. The number of aromatic nitrogens is 5. The molecule has 0 saturated heterocycles. The molecule has 40 heavy (non-hydrogen) atoms. The molecule has 5 aromatic rings. The SMILES string of the molecule is COc1ccc2ccnc(N3CCc4c(cc(Cn5ccnc5C)cc4-c4cn(C)nc4C(F)(F)F)C3=O)c2c1. The fourth-order valence-corrected chi connectivity index (χ4v) is 5.33. The molecule has 0 aliphatic carbocycles. The number of alkyl halides is 3. The zero-order chi connectivity index (χ0) is 28.2. The van der Waals surface area contributed by atoms with Crippen LogP contribution in [0.1, 0.15) is 33.0 Å². The van der Waals surface area contributed by atoms with E-state index in [1.807, 2.05) is 35.8 Å². The highest BCUT2D eigenvalue weighted by atomic mass is 19.4. The van der Waals surface area contributed by atoms with E-state index in [1.165, 1.54) is 13.2 Å². The lowest BCUT2D eigenvalue weighted by Gasteiger charge is -2.30. The van der Waals surface area contributed by atoms with Gasteiger partial charge in [-0.1, -0.05) is 6.07 Å². The lowest BCUT2D eigenvalue weighted by Crippen LogP contribution is -2.38. The minimum absolute atomic E-state index is 0.0512. The van der Waals surface area contributed by atoms with Gasteiger partial charge in [0.05, 0.1) is 7.11 Å². The van der Waals surface area contributed by atoms with Gasteiger partial charge in [-0.05, 0) is 65.8 Å². The Labute approximate surface area is 227 Å². The van der Waals surface area contributed by atoms with Crippen LogP contribution in [0.15, 0.2) is 61.2 Å². The number of hydrogen-bond acceptors (Lipinski definition) is 5. The van der Waals surface area contributed by atoms with Gasteiger partial charge in [0, 0.05) is 61.4 Å². The normalized spacial score (nSPS) is 13.7. The Morgan fingerprint density at radius 3 is 2.55 bits per heavy atom. The van der Waals surface area contributed by atoms with Crippen LogP contribution in [0, 0.1) is 6.92 Å². The Bertz CT molecular complexity index is 1770. The number of methoxy groups -OCH3 is 1. The maximum absolute atomic E-state index is 14.1. The van der Waals surface area contributed by atoms with Gasteiger partial charge in [-0.3, -0.25) is 14.4 Å². The summed E-state index contributed by atoms with van der Waals surface area (Å²) in [5.41, 5.74) is 0.898. The Morgan fingerprint density at radius 1 is 1.02 bits per heavy atom. The number of carbonyl (C=O) groups is 1. The highest BCUT2D eigenvalue weighted by molar-refractivity contribution is 6.12. The molecule has 11 heteroatoms. The average Bonchev–Trinajstić information content (AvgIpc) is 3.53. The average molecular weight is 547 g/mol. The molecule has 1 aliphatic rings. The Hall–Kier alpha value is -4.67. The van der Waals surface area contributed by atoms with E-state index < -0.39 is 11.9 Å². The van der Waals surface area contributed by atoms with Crippen molar-refractivity contribution in [2.24, 2.45) is 7.05 Å². The standard InChI is InChI=1S/C29H25F3N6O2/c1-17-33-9-11-37(17)15-18-12-23(25-16-36(2)35-26(25)29(30,31)32)21-7-10-38(28(39)24(21)13-18)27-22-14-20(40-3)5-4-19(22)6-8-34-27/h4-6,8-9,11-14,16H,7,10,15H2,1-3H3. The molecule has 1 aliphatic heterocycles. The van der Waals surface area contributed by atoms with E-state index in [4.69, 9.17) is 4.74 Å². The lowest BCUT2D eigenvalue weighted by molar-refractivity contribution is -0.140. The topological polar surface area (TPSA) is 78.1 Å². The first-order valence-corrected chi connectivity index (χ1v) is 12.6. The molecule has 0 N–H and O–H groups in total. The van der Waals surface area contributed by atoms with Crippen LogP contribution in [0.4, 0.5) is 19.0 Å². The number of rotatable bonds is 5. The molecular weight excluding hydrogens is 521 g/mol. The van der Waals surface area contributed by atoms with Gasteiger partial charge in [0.2, 0.25) is 0 Å². The molecule has 0 saturated carbocycles. The smallest absolute Gasteiger partial charge is 0.435 e. The van der Waals surface area contributed by atoms with Gasteiger partial charge in [0.15, 0.2) is 5.69 Å². The predicted octanol–water partition coefficient (Wildman–Crippen LogP) is 5.42. The maximum Gasteiger partial charge on any atom is 0.435 e. The molecule has 0 fully saturated rings. The predicted molar refractivity (Wildman–Crippen MR) is 143 cm³/mol. The van der Waals surface area contributed by atoms with E-state index in [-0.39, 0.29) is 18.0 Å². The van der Waals surface area contributed by atoms with Crippen LogP contribution < -0.4 is 9.64 Å². The maximum atomic E-state index is 14.1. The molecule has 0 atom stereocenters. The number of nitrogens with zero attached hydrogens (tertiary/aromatic N) is 6. The van der Waals surface area contributed by atoms with Gasteiger partial charge >= 0.3 is 6.18 Å². The zero-order valence-corrected chi connectivity index (χ0v) is 22.0. The molecule has 8 nitrogen and oxygen atoms in total. The van der Waals surface area contributed by atoms with Crippen molar-refractivity contribution in [2.75, 3.05) is 18.6 Å². The molecule has 3 aromatic heterocycles. The van der Waals surface area contributed by atoms with Gasteiger partial charge in [0.25, 0.3) is 5.91 Å². The summed E-state index contributed by atoms with van der Waals surface area (Å²) in [4.78, 5) is 24.5. The monoisotopic (exact) mass is 546 g/mol. The Morgan fingerprint density at radius 2 is 1.82 bits per heavy atom. The number of fused-ring (bicyclic) bond motifs is 2. The summed E-state index contributed by atoms with van der Waals surface area (Å²) < 4.78 is 50.5. The van der Waals surface area contributed by atoms with Crippen molar-refractivity contribution in [3.8, 4) is 16.9 Å². The fourth-order valence-electron chi connectivity index (χ4n) is 5.33. The summed E-state index contributed by atoms with van der Waals surface area (Å²) in [6, 6.07) is 10.9. The van der Waals surface area contributed by atoms with Crippen molar-refractivity contribution < 1.29 is 22.7 Å². The van der Waals surface area contributed by atoms with Crippen molar-refractivity contribution >= 4 is 22.5 Å². The van der Waals surface area contributed by atoms with E-state index in [2.05, 4.69) is 15.1 Å². The van der Waals surface area contributed by atoms with Crippen molar-refractivity contribution in [3.63, 3.8) is 0 Å². The van der Waals surface area contributed by atoms with Crippen LogP contribution in [0.25, 0.3) is 21.9 Å². The van der Waals surface area contributed by atoms with E-state index in [0.717, 1.165) is 21.3 Å². The minimum atomic E-state index is -4.66. The number of hydrogen-bond donors (Lipinski definition) is 0. The van der Waals surface area contributed by atoms with Crippen LogP contribution in [0.5, 0.6) is 5.75 Å². The van der Waals surface area contributed by atoms with E-state index in [9.17, 15) is 18.0 Å². The molecule has 0 bridgehead atoms. The molecule has 204 valence electrons. The van der Waals surface area contributed by atoms with Crippen LogP contribution in [-0.4, -0.2) is 43.9 Å². The molecular formula is C29H25F3N6O2. The summed E-state index contributed by atoms with van der Waals surface area (Å²) in [5.74, 6) is 1.52. The first-order chi connectivity index (χ1) is 19.1. The summed E-state index contributed by atoms with van der Waals surface area (Å²) in [5, 5.41) is 5.35. The van der Waals surface area contributed by atoms with Gasteiger partial charge in [-0.15, -0.1) is 0 Å². The van der Waals surface area contributed by atoms with Crippen molar-refractivity contribution in [1.29, 1.82) is 0 Å². The third-order valence-corrected chi connectivity index (χ3v) is 7.24. The first-order valence-electron chi connectivity index (χ1n) is 12.6. The highest BCUT2D eigenvalue weighted by Crippen LogP contribution is 2.41. The molecule has 4 heterocycles. The van der Waals surface area contributed by atoms with Crippen LogP contribution in [0.2, 0.25) is 0 Å². The second-order valence-corrected chi connectivity index (χ2v) is 9.76. The van der Waals surface area contributed by atoms with E-state index in [1.54, 1.807) is 42.7 Å². The number of aryl methyl sites for hydroxylation is 2. The second kappa shape index (κ2) is 9.51. The van der Waals surface area contributed by atoms with Gasteiger partial charge in [-0.25, -0.2) is 9.97 Å². The van der Waals surface area contributed by atoms with Crippen molar-refractivity contribution in [3.05, 3.63) is 89.4 Å². The minimum Gasteiger partial charge on any atom is -0.497 e. The van der Waals surface area contributed by atoms with Gasteiger partial charge in [0.1, 0.15) is 17.4 Å². The second-order valence-electron chi connectivity index (χ2n) is 9.76. The molecule has 1 amide bonds. The third-order valence-electron chi connectivity index (χ3n) is 7.24. The highest BCUT2D eigenvalue weighted by Gasteiger charge is 2.39. The summed E-state index contributed by atoms with van der Waals surface area (Å²) in [7, 11) is 3.02. The number of pyridine rings is 1. The van der Waals surface area contributed by atoms with Crippen LogP contribution in [-0.2, 0) is 26.2 Å². The first kappa shape index (κ1) is 25.6. The van der Waals surface area contributed by atoms with E-state index in [0.29, 0.717) is 46.8 Å². The number of benzene rings is 2. The molecule has 0 radical (unpaired) electrons. The lowest BCUT2D eigenvalue weighted by atomic mass is 9.88. The Balaban J connectivity index is 1.52. The molecule has 0 unspecified atom stereocenters. The zero-order valence-electron chi connectivity index (χ0n) is 22.0. The number of amides is 1. The number of carbonyl (C=O) groups excluding carboxylic acids is 1. The number of anilines is 1. The van der Waals surface area contributed by atoms with Crippen LogP contribution >= 0.6 is 0 Å². The van der Waals surface area contributed by atoms with E-state index >= 15 is 0 Å². The van der Waals surface area contributed by atoms with Crippen molar-refractivity contribution in [1.82, 2.24) is 24.3 Å². The number of halogens is 3. The molecule has 0 spiro atoms. The number of imidazole rings is 1. The molecule has 6 rings (SSSR count). The summed E-state index contributed by atoms with van der Waals surface area (Å²) in [6.07, 6.45) is 2.14. The van der Waals surface area contributed by atoms with Crippen molar-refractivity contribution in [2.45, 2.75) is 26.1 Å².